The predicted molar refractivity (Wildman–Crippen MR) is 117 cm³/mol. The SMILES string of the molecule is COCC(NC(=O)c1cc(C)on1)C(=O)N[C@@H](CC#N)C(=O)NC(CC(C)C)C(=O)[C@@]1(C)CO1. The third kappa shape index (κ3) is 7.36. The minimum Gasteiger partial charge on any atom is -0.382 e. The molecule has 4 atom stereocenters. The van der Waals surface area contributed by atoms with Gasteiger partial charge in [-0.3, -0.25) is 19.2 Å². The fourth-order valence-electron chi connectivity index (χ4n) is 3.22. The zero-order chi connectivity index (χ0) is 25.5. The van der Waals surface area contributed by atoms with E-state index in [4.69, 9.17) is 14.0 Å². The highest BCUT2D eigenvalue weighted by Gasteiger charge is 2.50. The molecule has 186 valence electrons. The van der Waals surface area contributed by atoms with Crippen molar-refractivity contribution >= 4 is 23.5 Å². The second-order valence-corrected chi connectivity index (χ2v) is 8.80. The van der Waals surface area contributed by atoms with Crippen LogP contribution in [0.25, 0.3) is 0 Å². The lowest BCUT2D eigenvalue weighted by atomic mass is 9.93. The Morgan fingerprint density at radius 2 is 1.79 bits per heavy atom. The molecule has 2 unspecified atom stereocenters. The van der Waals surface area contributed by atoms with Crippen LogP contribution in [0.5, 0.6) is 0 Å². The molecular weight excluding hydrogens is 446 g/mol. The molecular formula is C22H31N5O7. The summed E-state index contributed by atoms with van der Waals surface area (Å²) in [7, 11) is 1.34. The summed E-state index contributed by atoms with van der Waals surface area (Å²) in [6.45, 7) is 7.16. The maximum absolute atomic E-state index is 12.9. The van der Waals surface area contributed by atoms with E-state index in [1.165, 1.54) is 13.2 Å². The van der Waals surface area contributed by atoms with E-state index in [9.17, 15) is 24.4 Å². The number of hydrogen-bond donors (Lipinski definition) is 3. The average molecular weight is 478 g/mol. The number of carbonyl (C=O) groups is 4. The maximum Gasteiger partial charge on any atom is 0.274 e. The van der Waals surface area contributed by atoms with Gasteiger partial charge < -0.3 is 29.9 Å². The molecule has 0 aliphatic carbocycles. The Morgan fingerprint density at radius 1 is 1.18 bits per heavy atom. The molecule has 0 saturated carbocycles. The molecule has 2 rings (SSSR count). The van der Waals surface area contributed by atoms with Gasteiger partial charge in [-0.15, -0.1) is 0 Å². The number of carbonyl (C=O) groups excluding carboxylic acids is 4. The predicted octanol–water partition coefficient (Wildman–Crippen LogP) is 0.0152. The molecule has 12 nitrogen and oxygen atoms in total. The molecule has 0 spiro atoms. The third-order valence-corrected chi connectivity index (χ3v) is 5.18. The molecule has 34 heavy (non-hydrogen) atoms. The summed E-state index contributed by atoms with van der Waals surface area (Å²) in [6, 6.07) is 0.00284. The Balaban J connectivity index is 2.09. The Bertz CT molecular complexity index is 948. The van der Waals surface area contributed by atoms with Gasteiger partial charge in [-0.05, 0) is 26.2 Å². The Labute approximate surface area is 197 Å². The number of hydrogen-bond acceptors (Lipinski definition) is 9. The van der Waals surface area contributed by atoms with Gasteiger partial charge in [0.25, 0.3) is 5.91 Å². The maximum atomic E-state index is 12.9. The number of nitriles is 1. The van der Waals surface area contributed by atoms with Gasteiger partial charge in [0.15, 0.2) is 11.5 Å². The first-order valence-corrected chi connectivity index (χ1v) is 10.9. The van der Waals surface area contributed by atoms with Gasteiger partial charge in [0.05, 0.1) is 31.7 Å². The van der Waals surface area contributed by atoms with Gasteiger partial charge >= 0.3 is 0 Å². The first kappa shape index (κ1) is 26.9. The van der Waals surface area contributed by atoms with Crippen molar-refractivity contribution in [3.8, 4) is 6.07 Å². The van der Waals surface area contributed by atoms with E-state index in [0.717, 1.165) is 0 Å². The molecule has 12 heteroatoms. The van der Waals surface area contributed by atoms with Gasteiger partial charge in [-0.1, -0.05) is 19.0 Å². The highest BCUT2D eigenvalue weighted by molar-refractivity contribution is 5.99. The quantitative estimate of drug-likeness (QED) is 0.330. The van der Waals surface area contributed by atoms with Crippen molar-refractivity contribution in [2.24, 2.45) is 5.92 Å². The summed E-state index contributed by atoms with van der Waals surface area (Å²) in [4.78, 5) is 50.9. The van der Waals surface area contributed by atoms with E-state index in [-0.39, 0.29) is 37.0 Å². The van der Waals surface area contributed by atoms with Crippen LogP contribution in [0.15, 0.2) is 10.6 Å². The molecule has 1 fully saturated rings. The first-order chi connectivity index (χ1) is 16.0. The van der Waals surface area contributed by atoms with Crippen LogP contribution in [-0.4, -0.2) is 72.7 Å². The summed E-state index contributed by atoms with van der Waals surface area (Å²) in [6.07, 6.45) is 0.0281. The zero-order valence-electron chi connectivity index (χ0n) is 20.0. The number of Topliss-reactive ketones (excluding diaryl/α,β-unsaturated/α-hetero) is 1. The lowest BCUT2D eigenvalue weighted by Crippen LogP contribution is -2.57. The van der Waals surface area contributed by atoms with E-state index < -0.39 is 41.4 Å². The van der Waals surface area contributed by atoms with E-state index in [1.54, 1.807) is 13.8 Å². The number of ether oxygens (including phenoxy) is 2. The number of nitrogens with zero attached hydrogens (tertiary/aromatic N) is 2. The summed E-state index contributed by atoms with van der Waals surface area (Å²) in [5.74, 6) is -1.84. The monoisotopic (exact) mass is 477 g/mol. The normalized spacial score (nSPS) is 19.4. The molecule has 1 aliphatic heterocycles. The van der Waals surface area contributed by atoms with Crippen LogP contribution in [0.1, 0.15) is 49.9 Å². The molecule has 0 radical (unpaired) electrons. The average Bonchev–Trinajstić information content (AvgIpc) is 3.37. The minimum atomic E-state index is -1.25. The summed E-state index contributed by atoms with van der Waals surface area (Å²) < 4.78 is 15.1. The van der Waals surface area contributed by atoms with Crippen LogP contribution in [-0.2, 0) is 23.9 Å². The first-order valence-electron chi connectivity index (χ1n) is 10.9. The van der Waals surface area contributed by atoms with Gasteiger partial charge in [-0.25, -0.2) is 0 Å². The topological polar surface area (TPSA) is 176 Å². The minimum absolute atomic E-state index is 0.0245. The van der Waals surface area contributed by atoms with Gasteiger partial charge in [0.2, 0.25) is 11.8 Å². The molecule has 2 heterocycles. The van der Waals surface area contributed by atoms with Crippen molar-refractivity contribution in [2.75, 3.05) is 20.3 Å². The molecule has 1 aromatic rings. The van der Waals surface area contributed by atoms with Crippen molar-refractivity contribution in [3.05, 3.63) is 17.5 Å². The fourth-order valence-corrected chi connectivity index (χ4v) is 3.22. The third-order valence-electron chi connectivity index (χ3n) is 5.18. The number of ketones is 1. The number of epoxide rings is 1. The van der Waals surface area contributed by atoms with Gasteiger partial charge in [0.1, 0.15) is 23.4 Å². The summed E-state index contributed by atoms with van der Waals surface area (Å²) in [5, 5.41) is 20.4. The van der Waals surface area contributed by atoms with Crippen molar-refractivity contribution in [3.63, 3.8) is 0 Å². The lowest BCUT2D eigenvalue weighted by Gasteiger charge is -2.25. The van der Waals surface area contributed by atoms with E-state index in [0.29, 0.717) is 12.2 Å². The molecule has 3 N–H and O–H groups in total. The van der Waals surface area contributed by atoms with Crippen LogP contribution in [0.2, 0.25) is 0 Å². The largest absolute Gasteiger partial charge is 0.382 e. The Hall–Kier alpha value is -3.30. The molecule has 1 aromatic heterocycles. The zero-order valence-corrected chi connectivity index (χ0v) is 20.0. The van der Waals surface area contributed by atoms with Crippen molar-refractivity contribution in [1.29, 1.82) is 5.26 Å². The standard InChI is InChI=1S/C22H31N5O7/c1-12(2)8-15(18(28)22(4)11-33-22)25-19(29)14(6-7-23)24-21(31)17(10-32-5)26-20(30)16-9-13(3)34-27-16/h9,12,14-15,17H,6,8,10-11H2,1-5H3,(H,24,31)(H,25,29)(H,26,30)/t14-,15?,17?,22+/m0/s1. The molecule has 0 bridgehead atoms. The van der Waals surface area contributed by atoms with Crippen molar-refractivity contribution in [1.82, 2.24) is 21.1 Å². The number of methoxy groups -OCH3 is 1. The number of aryl methyl sites for hydroxylation is 1. The highest BCUT2D eigenvalue weighted by Crippen LogP contribution is 2.29. The highest BCUT2D eigenvalue weighted by atomic mass is 16.6. The van der Waals surface area contributed by atoms with Crippen molar-refractivity contribution in [2.45, 2.75) is 64.3 Å². The molecule has 1 aliphatic rings. The summed E-state index contributed by atoms with van der Waals surface area (Å²) >= 11 is 0. The molecule has 0 aromatic carbocycles. The number of amides is 3. The van der Waals surface area contributed by atoms with E-state index in [1.807, 2.05) is 19.9 Å². The van der Waals surface area contributed by atoms with Gasteiger partial charge in [-0.2, -0.15) is 5.26 Å². The molecule has 1 saturated heterocycles. The smallest absolute Gasteiger partial charge is 0.274 e. The van der Waals surface area contributed by atoms with E-state index >= 15 is 0 Å². The summed E-state index contributed by atoms with van der Waals surface area (Å²) in [5.41, 5.74) is -0.961. The van der Waals surface area contributed by atoms with Crippen molar-refractivity contribution < 1.29 is 33.2 Å². The lowest BCUT2D eigenvalue weighted by molar-refractivity contribution is -0.133. The van der Waals surface area contributed by atoms with Crippen LogP contribution < -0.4 is 16.0 Å². The van der Waals surface area contributed by atoms with Crippen LogP contribution in [0.4, 0.5) is 0 Å². The Kier molecular flexibility index (Phi) is 9.28. The fraction of sp³-hybridized carbons (Fsp3) is 0.636. The second kappa shape index (κ2) is 11.7. The number of rotatable bonds is 13. The Morgan fingerprint density at radius 3 is 2.29 bits per heavy atom. The van der Waals surface area contributed by atoms with Crippen LogP contribution in [0, 0.1) is 24.2 Å². The van der Waals surface area contributed by atoms with Gasteiger partial charge in [0, 0.05) is 13.2 Å². The second-order valence-electron chi connectivity index (χ2n) is 8.80. The molecule has 3 amide bonds. The van der Waals surface area contributed by atoms with Crippen LogP contribution >= 0.6 is 0 Å². The number of nitrogens with one attached hydrogen (secondary N) is 3. The van der Waals surface area contributed by atoms with E-state index in [2.05, 4.69) is 21.1 Å². The van der Waals surface area contributed by atoms with Crippen LogP contribution in [0.3, 0.4) is 0 Å². The number of aromatic nitrogens is 1.